The van der Waals surface area contributed by atoms with E-state index >= 15 is 0 Å². The molecule has 32 heavy (non-hydrogen) atoms. The van der Waals surface area contributed by atoms with Gasteiger partial charge in [0.25, 0.3) is 0 Å². The number of anilines is 1. The first kappa shape index (κ1) is 20.9. The lowest BCUT2D eigenvalue weighted by Gasteiger charge is -2.53. The van der Waals surface area contributed by atoms with Crippen molar-refractivity contribution in [3.05, 3.63) is 53.6 Å². The molecule has 168 valence electrons. The Morgan fingerprint density at radius 1 is 1.06 bits per heavy atom. The van der Waals surface area contributed by atoms with Crippen molar-refractivity contribution in [2.24, 2.45) is 11.8 Å². The van der Waals surface area contributed by atoms with Crippen LogP contribution in [0.2, 0.25) is 0 Å². The van der Waals surface area contributed by atoms with Gasteiger partial charge in [0.2, 0.25) is 11.8 Å². The summed E-state index contributed by atoms with van der Waals surface area (Å²) in [5.41, 5.74) is 2.63. The molecule has 3 aliphatic rings. The van der Waals surface area contributed by atoms with E-state index in [-0.39, 0.29) is 11.8 Å². The second-order valence-corrected chi connectivity index (χ2v) is 9.29. The summed E-state index contributed by atoms with van der Waals surface area (Å²) < 4.78 is 10.8. The molecule has 5 rings (SSSR count). The number of nitrogens with one attached hydrogen (secondary N) is 1. The summed E-state index contributed by atoms with van der Waals surface area (Å²) in [7, 11) is 3.17. The third-order valence-corrected chi connectivity index (χ3v) is 7.72. The van der Waals surface area contributed by atoms with E-state index in [0.717, 1.165) is 19.3 Å². The van der Waals surface area contributed by atoms with Gasteiger partial charge < -0.3 is 19.7 Å². The Hall–Kier alpha value is -3.02. The highest BCUT2D eigenvalue weighted by atomic mass is 16.5. The predicted molar refractivity (Wildman–Crippen MR) is 122 cm³/mol. The lowest BCUT2D eigenvalue weighted by molar-refractivity contribution is -0.159. The van der Waals surface area contributed by atoms with Gasteiger partial charge in [0.05, 0.1) is 19.9 Å². The van der Waals surface area contributed by atoms with Crippen LogP contribution in [0, 0.1) is 11.8 Å². The molecule has 3 atom stereocenters. The molecule has 1 aliphatic heterocycles. The number of likely N-dealkylation sites (tertiary alicyclic amines) is 1. The molecule has 1 heterocycles. The standard InChI is InChI=1S/C26H30N2O4/c1-31-21-7-8-22(23(15-21)32-2)27-25(30)26(28-12-10-24(28)29)11-9-19-13-17-5-3-4-6-18(17)14-20(19)16-26/h3-8,15,19-20H,9-14,16H2,1-2H3,(H,27,30)/t19-,20+,26+/m1/s1. The van der Waals surface area contributed by atoms with Crippen LogP contribution in [0.4, 0.5) is 5.69 Å². The highest BCUT2D eigenvalue weighted by Gasteiger charge is 2.54. The molecule has 0 aromatic heterocycles. The molecule has 0 spiro atoms. The number of fused-ring (bicyclic) bond motifs is 2. The largest absolute Gasteiger partial charge is 0.497 e. The van der Waals surface area contributed by atoms with E-state index in [9.17, 15) is 9.59 Å². The van der Waals surface area contributed by atoms with Crippen molar-refractivity contribution in [3.63, 3.8) is 0 Å². The van der Waals surface area contributed by atoms with Gasteiger partial charge in [-0.3, -0.25) is 9.59 Å². The van der Waals surface area contributed by atoms with Gasteiger partial charge in [-0.25, -0.2) is 0 Å². The number of rotatable bonds is 5. The van der Waals surface area contributed by atoms with Crippen molar-refractivity contribution in [1.29, 1.82) is 0 Å². The number of β-lactam (4-membered cyclic amide) rings is 1. The van der Waals surface area contributed by atoms with E-state index in [1.807, 2.05) is 4.90 Å². The topological polar surface area (TPSA) is 67.9 Å². The average Bonchev–Trinajstić information content (AvgIpc) is 2.81. The molecule has 6 heteroatoms. The second-order valence-electron chi connectivity index (χ2n) is 9.29. The van der Waals surface area contributed by atoms with Gasteiger partial charge in [-0.15, -0.1) is 0 Å². The monoisotopic (exact) mass is 434 g/mol. The Bertz CT molecular complexity index is 1050. The molecular weight excluding hydrogens is 404 g/mol. The van der Waals surface area contributed by atoms with Crippen LogP contribution in [0.25, 0.3) is 0 Å². The summed E-state index contributed by atoms with van der Waals surface area (Å²) in [6.45, 7) is 0.653. The Balaban J connectivity index is 1.44. The van der Waals surface area contributed by atoms with Crippen LogP contribution in [0.1, 0.15) is 36.8 Å². The number of amides is 2. The van der Waals surface area contributed by atoms with Gasteiger partial charge in [0.15, 0.2) is 0 Å². The number of carbonyl (C=O) groups is 2. The molecule has 2 fully saturated rings. The van der Waals surface area contributed by atoms with E-state index in [4.69, 9.17) is 9.47 Å². The first-order valence-corrected chi connectivity index (χ1v) is 11.4. The average molecular weight is 435 g/mol. The number of carbonyl (C=O) groups excluding carboxylic acids is 2. The number of benzene rings is 2. The minimum Gasteiger partial charge on any atom is -0.497 e. The third kappa shape index (κ3) is 3.42. The van der Waals surface area contributed by atoms with Crippen LogP contribution in [0.3, 0.4) is 0 Å². The second kappa shape index (κ2) is 8.15. The normalized spacial score (nSPS) is 26.4. The van der Waals surface area contributed by atoms with Crippen LogP contribution in [-0.4, -0.2) is 43.0 Å². The van der Waals surface area contributed by atoms with Crippen molar-refractivity contribution >= 4 is 17.5 Å². The molecule has 6 nitrogen and oxygen atoms in total. The summed E-state index contributed by atoms with van der Waals surface area (Å²) in [4.78, 5) is 28.2. The molecule has 2 amide bonds. The predicted octanol–water partition coefficient (Wildman–Crippen LogP) is 3.83. The van der Waals surface area contributed by atoms with E-state index in [2.05, 4.69) is 29.6 Å². The van der Waals surface area contributed by atoms with Crippen molar-refractivity contribution in [3.8, 4) is 11.5 Å². The van der Waals surface area contributed by atoms with Crippen LogP contribution in [0.5, 0.6) is 11.5 Å². The van der Waals surface area contributed by atoms with Gasteiger partial charge in [-0.1, -0.05) is 24.3 Å². The summed E-state index contributed by atoms with van der Waals surface area (Å²) in [6.07, 6.45) is 4.94. The maximum Gasteiger partial charge on any atom is 0.250 e. The molecule has 2 aliphatic carbocycles. The first-order valence-electron chi connectivity index (χ1n) is 11.4. The van der Waals surface area contributed by atoms with E-state index in [1.54, 1.807) is 32.4 Å². The first-order chi connectivity index (χ1) is 15.5. The van der Waals surface area contributed by atoms with Crippen molar-refractivity contribution in [2.75, 3.05) is 26.1 Å². The summed E-state index contributed by atoms with van der Waals surface area (Å²) in [6, 6.07) is 14.0. The zero-order chi connectivity index (χ0) is 22.3. The lowest BCUT2D eigenvalue weighted by Crippen LogP contribution is -2.66. The Labute approximate surface area is 188 Å². The summed E-state index contributed by atoms with van der Waals surface area (Å²) >= 11 is 0. The third-order valence-electron chi connectivity index (χ3n) is 7.72. The van der Waals surface area contributed by atoms with Crippen LogP contribution in [0.15, 0.2) is 42.5 Å². The van der Waals surface area contributed by atoms with Gasteiger partial charge in [0.1, 0.15) is 17.0 Å². The zero-order valence-electron chi connectivity index (χ0n) is 18.7. The van der Waals surface area contributed by atoms with Crippen molar-refractivity contribution in [2.45, 2.75) is 44.1 Å². The Kier molecular flexibility index (Phi) is 5.31. The number of nitrogens with zero attached hydrogens (tertiary/aromatic N) is 1. The molecule has 1 saturated heterocycles. The Morgan fingerprint density at radius 2 is 1.81 bits per heavy atom. The van der Waals surface area contributed by atoms with Crippen LogP contribution in [-0.2, 0) is 22.4 Å². The van der Waals surface area contributed by atoms with Crippen LogP contribution < -0.4 is 14.8 Å². The smallest absolute Gasteiger partial charge is 0.250 e. The molecular formula is C26H30N2O4. The molecule has 0 bridgehead atoms. The zero-order valence-corrected chi connectivity index (χ0v) is 18.7. The molecule has 0 unspecified atom stereocenters. The lowest BCUT2D eigenvalue weighted by atomic mass is 9.62. The molecule has 1 saturated carbocycles. The fraction of sp³-hybridized carbons (Fsp3) is 0.462. The SMILES string of the molecule is COc1ccc(NC(=O)[C@]2(N3CCC3=O)CC[C@@H]3Cc4ccccc4C[C@H]3C2)c(OC)c1. The molecule has 0 radical (unpaired) electrons. The maximum absolute atomic E-state index is 13.8. The number of methoxy groups -OCH3 is 2. The summed E-state index contributed by atoms with van der Waals surface area (Å²) in [5.74, 6) is 2.15. The van der Waals surface area contributed by atoms with Gasteiger partial charge >= 0.3 is 0 Å². The maximum atomic E-state index is 13.8. The minimum atomic E-state index is -0.798. The van der Waals surface area contributed by atoms with Crippen molar-refractivity contribution in [1.82, 2.24) is 4.90 Å². The highest BCUT2D eigenvalue weighted by molar-refractivity contribution is 6.02. The molecule has 2 aromatic rings. The fourth-order valence-corrected chi connectivity index (χ4v) is 5.87. The Morgan fingerprint density at radius 3 is 2.44 bits per heavy atom. The molecule has 1 N–H and O–H groups in total. The fourth-order valence-electron chi connectivity index (χ4n) is 5.87. The highest BCUT2D eigenvalue weighted by Crippen LogP contribution is 2.48. The number of hydrogen-bond donors (Lipinski definition) is 1. The van der Waals surface area contributed by atoms with Crippen molar-refractivity contribution < 1.29 is 19.1 Å². The number of hydrogen-bond acceptors (Lipinski definition) is 4. The number of ether oxygens (including phenoxy) is 2. The van der Waals surface area contributed by atoms with Gasteiger partial charge in [-0.05, 0) is 67.2 Å². The van der Waals surface area contributed by atoms with Gasteiger partial charge in [-0.2, -0.15) is 0 Å². The quantitative estimate of drug-likeness (QED) is 0.727. The van der Waals surface area contributed by atoms with E-state index in [0.29, 0.717) is 54.8 Å². The molecule has 2 aromatic carbocycles. The van der Waals surface area contributed by atoms with E-state index < -0.39 is 5.54 Å². The van der Waals surface area contributed by atoms with Crippen LogP contribution >= 0.6 is 0 Å². The van der Waals surface area contributed by atoms with Gasteiger partial charge in [0, 0.05) is 19.0 Å². The summed E-state index contributed by atoms with van der Waals surface area (Å²) in [5, 5.41) is 3.09. The minimum absolute atomic E-state index is 0.0801. The van der Waals surface area contributed by atoms with E-state index in [1.165, 1.54) is 11.1 Å².